The number of carboxylic acids is 1. The lowest BCUT2D eigenvalue weighted by atomic mass is 10.1. The number of rotatable bonds is 5. The second kappa shape index (κ2) is 6.57. The summed E-state index contributed by atoms with van der Waals surface area (Å²) in [6, 6.07) is 2.68. The maximum Gasteiger partial charge on any atom is 0.327 e. The summed E-state index contributed by atoms with van der Waals surface area (Å²) < 4.78 is 23.0. The van der Waals surface area contributed by atoms with Crippen molar-refractivity contribution in [3.05, 3.63) is 22.4 Å². The van der Waals surface area contributed by atoms with E-state index in [-0.39, 0.29) is 24.6 Å². The van der Waals surface area contributed by atoms with E-state index in [2.05, 4.69) is 0 Å². The summed E-state index contributed by atoms with van der Waals surface area (Å²) in [5.41, 5.74) is 0. The third-order valence-corrected chi connectivity index (χ3v) is 5.99. The molecule has 1 amide bonds. The van der Waals surface area contributed by atoms with Gasteiger partial charge < -0.3 is 10.0 Å². The van der Waals surface area contributed by atoms with Crippen molar-refractivity contribution < 1.29 is 23.1 Å². The second-order valence-corrected chi connectivity index (χ2v) is 8.25. The number of nitrogens with zero attached hydrogens (tertiary/aromatic N) is 1. The highest BCUT2D eigenvalue weighted by atomic mass is 32.2. The average molecular weight is 331 g/mol. The van der Waals surface area contributed by atoms with Crippen LogP contribution in [0.3, 0.4) is 0 Å². The van der Waals surface area contributed by atoms with Crippen LogP contribution in [0.4, 0.5) is 0 Å². The van der Waals surface area contributed by atoms with E-state index in [0.717, 1.165) is 6.42 Å². The Kier molecular flexibility index (Phi) is 5.00. The van der Waals surface area contributed by atoms with Crippen molar-refractivity contribution in [2.75, 3.05) is 18.1 Å². The van der Waals surface area contributed by atoms with Crippen molar-refractivity contribution in [3.8, 4) is 0 Å². The number of hydrogen-bond donors (Lipinski definition) is 1. The minimum Gasteiger partial charge on any atom is -0.480 e. The minimum absolute atomic E-state index is 0.0306. The van der Waals surface area contributed by atoms with Gasteiger partial charge in [0, 0.05) is 17.8 Å². The van der Waals surface area contributed by atoms with Gasteiger partial charge in [0.1, 0.15) is 6.04 Å². The highest BCUT2D eigenvalue weighted by Gasteiger charge is 2.38. The van der Waals surface area contributed by atoms with Gasteiger partial charge in [0.2, 0.25) is 5.91 Å². The Labute approximate surface area is 127 Å². The Bertz CT molecular complexity index is 609. The molecule has 2 rings (SSSR count). The van der Waals surface area contributed by atoms with Gasteiger partial charge in [-0.1, -0.05) is 6.07 Å². The molecule has 0 aromatic carbocycles. The van der Waals surface area contributed by atoms with Crippen LogP contribution < -0.4 is 0 Å². The normalized spacial score (nSPS) is 21.1. The first-order chi connectivity index (χ1) is 9.89. The Morgan fingerprint density at radius 2 is 2.19 bits per heavy atom. The van der Waals surface area contributed by atoms with Crippen LogP contribution in [-0.4, -0.2) is 54.4 Å². The summed E-state index contributed by atoms with van der Waals surface area (Å²) in [4.78, 5) is 25.7. The number of aliphatic carboxylic acids is 1. The van der Waals surface area contributed by atoms with Gasteiger partial charge in [0.05, 0.1) is 11.5 Å². The van der Waals surface area contributed by atoms with Crippen LogP contribution in [0.2, 0.25) is 0 Å². The summed E-state index contributed by atoms with van der Waals surface area (Å²) in [7, 11) is -3.37. The van der Waals surface area contributed by atoms with Crippen LogP contribution >= 0.6 is 11.3 Å². The topological polar surface area (TPSA) is 91.8 Å². The first kappa shape index (κ1) is 16.0. The predicted octanol–water partition coefficient (Wildman–Crippen LogP) is 0.781. The van der Waals surface area contributed by atoms with Crippen molar-refractivity contribution in [2.24, 2.45) is 0 Å². The zero-order valence-corrected chi connectivity index (χ0v) is 13.0. The van der Waals surface area contributed by atoms with E-state index in [0.29, 0.717) is 6.42 Å². The molecule has 1 aliphatic heterocycles. The lowest BCUT2D eigenvalue weighted by molar-refractivity contribution is -0.149. The van der Waals surface area contributed by atoms with Crippen molar-refractivity contribution in [2.45, 2.75) is 25.3 Å². The molecule has 21 heavy (non-hydrogen) atoms. The summed E-state index contributed by atoms with van der Waals surface area (Å²) >= 11 is 1.62. The van der Waals surface area contributed by atoms with Crippen molar-refractivity contribution in [1.29, 1.82) is 0 Å². The zero-order chi connectivity index (χ0) is 15.5. The van der Waals surface area contributed by atoms with E-state index in [1.165, 1.54) is 9.78 Å². The first-order valence-corrected chi connectivity index (χ1v) is 9.34. The molecule has 1 aromatic rings. The van der Waals surface area contributed by atoms with E-state index in [1.807, 2.05) is 17.5 Å². The summed E-state index contributed by atoms with van der Waals surface area (Å²) in [6.45, 7) is -0.0306. The van der Waals surface area contributed by atoms with Gasteiger partial charge in [0.15, 0.2) is 9.84 Å². The molecule has 0 bridgehead atoms. The quantitative estimate of drug-likeness (QED) is 0.861. The Morgan fingerprint density at radius 1 is 1.43 bits per heavy atom. The molecule has 1 N–H and O–H groups in total. The van der Waals surface area contributed by atoms with Gasteiger partial charge in [-0.05, 0) is 24.3 Å². The number of amides is 1. The number of hydrogen-bond acceptors (Lipinski definition) is 5. The molecule has 116 valence electrons. The molecule has 1 aliphatic rings. The maximum atomic E-state index is 12.1. The fourth-order valence-electron chi connectivity index (χ4n) is 2.32. The standard InChI is InChI=1S/C13H17NO5S2/c15-12(5-1-3-10-4-2-7-20-10)14-6-8-21(18,19)9-11(14)13(16)17/h2,4,7,11H,1,3,5-6,8-9H2,(H,16,17). The molecule has 1 saturated heterocycles. The van der Waals surface area contributed by atoms with Gasteiger partial charge >= 0.3 is 5.97 Å². The molecule has 0 radical (unpaired) electrons. The van der Waals surface area contributed by atoms with Crippen LogP contribution in [0.1, 0.15) is 17.7 Å². The van der Waals surface area contributed by atoms with Gasteiger partial charge in [-0.2, -0.15) is 0 Å². The molecule has 1 atom stereocenters. The molecule has 1 aromatic heterocycles. The fraction of sp³-hybridized carbons (Fsp3) is 0.538. The number of thiophene rings is 1. The molecule has 0 aliphatic carbocycles. The molecular formula is C13H17NO5S2. The van der Waals surface area contributed by atoms with Crippen LogP contribution in [0.25, 0.3) is 0 Å². The number of sulfone groups is 1. The Balaban J connectivity index is 1.92. The number of aryl methyl sites for hydroxylation is 1. The van der Waals surface area contributed by atoms with Gasteiger partial charge in [-0.3, -0.25) is 4.79 Å². The summed E-state index contributed by atoms with van der Waals surface area (Å²) in [5.74, 6) is -2.19. The van der Waals surface area contributed by atoms with Crippen LogP contribution in [0.15, 0.2) is 17.5 Å². The molecule has 0 saturated carbocycles. The third-order valence-electron chi connectivity index (χ3n) is 3.43. The monoisotopic (exact) mass is 331 g/mol. The molecule has 2 heterocycles. The van der Waals surface area contributed by atoms with Crippen LogP contribution in [-0.2, 0) is 25.8 Å². The Morgan fingerprint density at radius 3 is 2.81 bits per heavy atom. The molecule has 0 spiro atoms. The van der Waals surface area contributed by atoms with E-state index in [9.17, 15) is 18.0 Å². The van der Waals surface area contributed by atoms with Crippen molar-refractivity contribution in [1.82, 2.24) is 4.90 Å². The van der Waals surface area contributed by atoms with E-state index < -0.39 is 27.6 Å². The van der Waals surface area contributed by atoms with E-state index in [4.69, 9.17) is 5.11 Å². The van der Waals surface area contributed by atoms with Crippen molar-refractivity contribution >= 4 is 33.1 Å². The number of carbonyl (C=O) groups excluding carboxylic acids is 1. The highest BCUT2D eigenvalue weighted by molar-refractivity contribution is 7.91. The third kappa shape index (κ3) is 4.28. The fourth-order valence-corrected chi connectivity index (χ4v) is 4.52. The van der Waals surface area contributed by atoms with Gasteiger partial charge in [0.25, 0.3) is 0 Å². The van der Waals surface area contributed by atoms with Gasteiger partial charge in [-0.15, -0.1) is 11.3 Å². The Hall–Kier alpha value is -1.41. The lowest BCUT2D eigenvalue weighted by Crippen LogP contribution is -2.54. The van der Waals surface area contributed by atoms with Crippen molar-refractivity contribution in [3.63, 3.8) is 0 Å². The molecule has 1 unspecified atom stereocenters. The smallest absolute Gasteiger partial charge is 0.327 e. The van der Waals surface area contributed by atoms with E-state index in [1.54, 1.807) is 11.3 Å². The zero-order valence-electron chi connectivity index (χ0n) is 11.4. The second-order valence-electron chi connectivity index (χ2n) is 4.99. The molecular weight excluding hydrogens is 314 g/mol. The lowest BCUT2D eigenvalue weighted by Gasteiger charge is -2.32. The first-order valence-electron chi connectivity index (χ1n) is 6.64. The molecule has 8 heteroatoms. The van der Waals surface area contributed by atoms with E-state index >= 15 is 0 Å². The van der Waals surface area contributed by atoms with Gasteiger partial charge in [-0.25, -0.2) is 13.2 Å². The molecule has 6 nitrogen and oxygen atoms in total. The summed E-state index contributed by atoms with van der Waals surface area (Å²) in [6.07, 6.45) is 1.64. The largest absolute Gasteiger partial charge is 0.480 e. The highest BCUT2D eigenvalue weighted by Crippen LogP contribution is 2.16. The number of carbonyl (C=O) groups is 2. The van der Waals surface area contributed by atoms with Crippen LogP contribution in [0, 0.1) is 0 Å². The molecule has 1 fully saturated rings. The minimum atomic E-state index is -3.37. The maximum absolute atomic E-state index is 12.1. The van der Waals surface area contributed by atoms with Crippen LogP contribution in [0.5, 0.6) is 0 Å². The average Bonchev–Trinajstić information content (AvgIpc) is 2.90. The summed E-state index contributed by atoms with van der Waals surface area (Å²) in [5, 5.41) is 11.1. The SMILES string of the molecule is O=C(O)C1CS(=O)(=O)CCN1C(=O)CCCc1cccs1. The number of carboxylic acid groups (broad SMARTS) is 1. The predicted molar refractivity (Wildman–Crippen MR) is 79.0 cm³/mol.